The standard InChI is InChI=1S/C17H27F3N2O3Si/c1-12(11-25-26(5,6)16(2,3)4)21-10-13-14(17(18,19)20)8-7-9-15(13)22(23)24/h7-9,12,21H,10-11H2,1-6H3. The summed E-state index contributed by atoms with van der Waals surface area (Å²) in [5.41, 5.74) is -1.88. The Morgan fingerprint density at radius 2 is 1.85 bits per heavy atom. The van der Waals surface area contributed by atoms with Crippen LogP contribution in [0.4, 0.5) is 18.9 Å². The third kappa shape index (κ3) is 5.78. The number of nitrogens with zero attached hydrogens (tertiary/aromatic N) is 1. The van der Waals surface area contributed by atoms with Crippen LogP contribution in [0.1, 0.15) is 38.8 Å². The minimum Gasteiger partial charge on any atom is -0.415 e. The summed E-state index contributed by atoms with van der Waals surface area (Å²) in [6, 6.07) is 2.75. The molecule has 1 N–H and O–H groups in total. The van der Waals surface area contributed by atoms with Gasteiger partial charge >= 0.3 is 6.18 Å². The third-order valence-corrected chi connectivity index (χ3v) is 9.28. The Labute approximate surface area is 153 Å². The zero-order valence-electron chi connectivity index (χ0n) is 16.0. The monoisotopic (exact) mass is 392 g/mol. The average Bonchev–Trinajstić information content (AvgIpc) is 2.48. The fraction of sp³-hybridized carbons (Fsp3) is 0.647. The highest BCUT2D eigenvalue weighted by molar-refractivity contribution is 6.74. The summed E-state index contributed by atoms with van der Waals surface area (Å²) < 4.78 is 45.6. The molecular formula is C17H27F3N2O3Si. The lowest BCUT2D eigenvalue weighted by molar-refractivity contribution is -0.385. The van der Waals surface area contributed by atoms with E-state index in [2.05, 4.69) is 39.2 Å². The molecule has 1 aromatic rings. The molecule has 1 atom stereocenters. The van der Waals surface area contributed by atoms with Crippen LogP contribution in [0, 0.1) is 10.1 Å². The van der Waals surface area contributed by atoms with Crippen LogP contribution in [0.15, 0.2) is 18.2 Å². The molecule has 9 heteroatoms. The number of nitro groups is 1. The van der Waals surface area contributed by atoms with Gasteiger partial charge in [0, 0.05) is 25.3 Å². The molecule has 0 saturated carbocycles. The van der Waals surface area contributed by atoms with Gasteiger partial charge in [-0.15, -0.1) is 0 Å². The van der Waals surface area contributed by atoms with Crippen molar-refractivity contribution in [3.05, 3.63) is 39.4 Å². The quantitative estimate of drug-likeness (QED) is 0.398. The second kappa shape index (κ2) is 8.06. The Hall–Kier alpha value is -1.45. The van der Waals surface area contributed by atoms with Crippen LogP contribution >= 0.6 is 0 Å². The van der Waals surface area contributed by atoms with E-state index in [9.17, 15) is 23.3 Å². The lowest BCUT2D eigenvalue weighted by atomic mass is 10.0. The van der Waals surface area contributed by atoms with Crippen molar-refractivity contribution in [2.24, 2.45) is 0 Å². The predicted molar refractivity (Wildman–Crippen MR) is 97.5 cm³/mol. The molecule has 148 valence electrons. The second-order valence-corrected chi connectivity index (χ2v) is 12.7. The Kier molecular flexibility index (Phi) is 7.00. The molecule has 0 fully saturated rings. The first-order valence-corrected chi connectivity index (χ1v) is 11.3. The van der Waals surface area contributed by atoms with Gasteiger partial charge in [0.05, 0.1) is 16.1 Å². The number of halogens is 3. The maximum absolute atomic E-state index is 13.2. The van der Waals surface area contributed by atoms with E-state index in [-0.39, 0.29) is 23.2 Å². The molecule has 0 spiro atoms. The summed E-state index contributed by atoms with van der Waals surface area (Å²) in [4.78, 5) is 10.3. The number of rotatable bonds is 7. The zero-order chi connectivity index (χ0) is 20.3. The first kappa shape index (κ1) is 22.6. The van der Waals surface area contributed by atoms with Crippen LogP contribution in [0.5, 0.6) is 0 Å². The van der Waals surface area contributed by atoms with Gasteiger partial charge in [-0.1, -0.05) is 26.8 Å². The van der Waals surface area contributed by atoms with Gasteiger partial charge in [0.15, 0.2) is 8.32 Å². The number of nitro benzene ring substituents is 1. The highest BCUT2D eigenvalue weighted by atomic mass is 28.4. The topological polar surface area (TPSA) is 64.4 Å². The minimum absolute atomic E-state index is 0.0222. The van der Waals surface area contributed by atoms with E-state index in [4.69, 9.17) is 4.43 Å². The number of hydrogen-bond acceptors (Lipinski definition) is 4. The summed E-state index contributed by atoms with van der Waals surface area (Å²) in [7, 11) is -1.97. The Morgan fingerprint density at radius 3 is 2.31 bits per heavy atom. The lowest BCUT2D eigenvalue weighted by Crippen LogP contribution is -2.44. The van der Waals surface area contributed by atoms with Gasteiger partial charge in [0.2, 0.25) is 0 Å². The van der Waals surface area contributed by atoms with E-state index in [0.717, 1.165) is 18.2 Å². The fourth-order valence-electron chi connectivity index (χ4n) is 2.08. The molecule has 0 heterocycles. The van der Waals surface area contributed by atoms with Crippen molar-refractivity contribution in [2.45, 2.75) is 64.6 Å². The van der Waals surface area contributed by atoms with Gasteiger partial charge < -0.3 is 9.74 Å². The number of benzene rings is 1. The molecule has 0 aromatic heterocycles. The Bertz CT molecular complexity index is 643. The fourth-order valence-corrected chi connectivity index (χ4v) is 3.18. The van der Waals surface area contributed by atoms with Gasteiger partial charge in [-0.2, -0.15) is 13.2 Å². The van der Waals surface area contributed by atoms with Crippen LogP contribution in [-0.4, -0.2) is 25.9 Å². The largest absolute Gasteiger partial charge is 0.416 e. The van der Waals surface area contributed by atoms with Crippen LogP contribution in [0.25, 0.3) is 0 Å². The molecule has 0 bridgehead atoms. The molecule has 0 aliphatic heterocycles. The molecule has 1 aromatic carbocycles. The van der Waals surface area contributed by atoms with Crippen LogP contribution in [0.2, 0.25) is 18.1 Å². The van der Waals surface area contributed by atoms with E-state index in [1.54, 1.807) is 6.92 Å². The van der Waals surface area contributed by atoms with Gasteiger partial charge in [0.1, 0.15) is 0 Å². The van der Waals surface area contributed by atoms with Crippen molar-refractivity contribution in [3.63, 3.8) is 0 Å². The number of alkyl halides is 3. The van der Waals surface area contributed by atoms with Gasteiger partial charge in [-0.3, -0.25) is 10.1 Å². The summed E-state index contributed by atoms with van der Waals surface area (Å²) in [5.74, 6) is 0. The zero-order valence-corrected chi connectivity index (χ0v) is 17.0. The van der Waals surface area contributed by atoms with E-state index in [0.29, 0.717) is 6.61 Å². The SMILES string of the molecule is CC(CO[Si](C)(C)C(C)(C)C)NCc1c([N+](=O)[O-])cccc1C(F)(F)F. The first-order chi connectivity index (χ1) is 11.7. The molecule has 5 nitrogen and oxygen atoms in total. The first-order valence-electron chi connectivity index (χ1n) is 8.37. The Balaban J connectivity index is 2.88. The van der Waals surface area contributed by atoms with Crippen molar-refractivity contribution in [3.8, 4) is 0 Å². The van der Waals surface area contributed by atoms with Crippen molar-refractivity contribution >= 4 is 14.0 Å². The summed E-state index contributed by atoms with van der Waals surface area (Å²) in [6.07, 6.45) is -4.65. The molecule has 0 aliphatic carbocycles. The van der Waals surface area contributed by atoms with E-state index in [1.165, 1.54) is 0 Å². The maximum atomic E-state index is 13.2. The molecule has 1 rings (SSSR count). The van der Waals surface area contributed by atoms with Gasteiger partial charge in [-0.05, 0) is 31.1 Å². The molecule has 0 saturated heterocycles. The average molecular weight is 392 g/mol. The predicted octanol–water partition coefficient (Wildman–Crippen LogP) is 5.11. The lowest BCUT2D eigenvalue weighted by Gasteiger charge is -2.37. The summed E-state index contributed by atoms with van der Waals surface area (Å²) in [6.45, 7) is 12.3. The normalized spacial score (nSPS) is 14.3. The molecular weight excluding hydrogens is 365 g/mol. The maximum Gasteiger partial charge on any atom is 0.416 e. The Morgan fingerprint density at radius 1 is 1.27 bits per heavy atom. The van der Waals surface area contributed by atoms with Crippen molar-refractivity contribution in [1.29, 1.82) is 0 Å². The van der Waals surface area contributed by atoms with E-state index < -0.39 is 30.7 Å². The van der Waals surface area contributed by atoms with Crippen LogP contribution in [-0.2, 0) is 17.1 Å². The van der Waals surface area contributed by atoms with E-state index >= 15 is 0 Å². The number of nitrogens with one attached hydrogen (secondary N) is 1. The van der Waals surface area contributed by atoms with Crippen LogP contribution in [0.3, 0.4) is 0 Å². The smallest absolute Gasteiger partial charge is 0.415 e. The van der Waals surface area contributed by atoms with Gasteiger partial charge in [0.25, 0.3) is 5.69 Å². The summed E-state index contributed by atoms with van der Waals surface area (Å²) >= 11 is 0. The molecule has 0 radical (unpaired) electrons. The molecule has 0 aliphatic rings. The highest BCUT2D eigenvalue weighted by Crippen LogP contribution is 2.37. The molecule has 0 amide bonds. The van der Waals surface area contributed by atoms with Crippen molar-refractivity contribution < 1.29 is 22.5 Å². The molecule has 26 heavy (non-hydrogen) atoms. The highest BCUT2D eigenvalue weighted by Gasteiger charge is 2.38. The van der Waals surface area contributed by atoms with Crippen molar-refractivity contribution in [2.75, 3.05) is 6.61 Å². The third-order valence-electron chi connectivity index (χ3n) is 4.78. The number of hydrogen-bond donors (Lipinski definition) is 1. The minimum atomic E-state index is -4.65. The van der Waals surface area contributed by atoms with Crippen molar-refractivity contribution in [1.82, 2.24) is 5.32 Å². The van der Waals surface area contributed by atoms with Crippen LogP contribution < -0.4 is 5.32 Å². The van der Waals surface area contributed by atoms with E-state index in [1.807, 2.05) is 0 Å². The second-order valence-electron chi connectivity index (χ2n) is 7.91. The van der Waals surface area contributed by atoms with Gasteiger partial charge in [-0.25, -0.2) is 0 Å². The summed E-state index contributed by atoms with van der Waals surface area (Å²) in [5, 5.41) is 14.1. The molecule has 1 unspecified atom stereocenters.